The highest BCUT2D eigenvalue weighted by Crippen LogP contribution is 2.23. The summed E-state index contributed by atoms with van der Waals surface area (Å²) in [5, 5.41) is 0.937. The number of fused-ring (bicyclic) bond motifs is 1. The first-order valence-electron chi connectivity index (χ1n) is 6.20. The molecule has 4 nitrogen and oxygen atoms in total. The lowest BCUT2D eigenvalue weighted by Crippen LogP contribution is -2.40. The molecule has 1 amide bonds. The molecule has 2 heterocycles. The van der Waals surface area contributed by atoms with Gasteiger partial charge in [-0.1, -0.05) is 6.07 Å². The zero-order valence-electron chi connectivity index (χ0n) is 10.4. The van der Waals surface area contributed by atoms with Crippen molar-refractivity contribution in [3.63, 3.8) is 0 Å². The van der Waals surface area contributed by atoms with Crippen molar-refractivity contribution >= 4 is 29.4 Å². The van der Waals surface area contributed by atoms with Crippen molar-refractivity contribution in [3.8, 4) is 0 Å². The average molecular weight is 274 g/mol. The highest BCUT2D eigenvalue weighted by Gasteiger charge is 2.19. The molecule has 5 heteroatoms. The summed E-state index contributed by atoms with van der Waals surface area (Å²) in [7, 11) is 0. The second kappa shape index (κ2) is 5.19. The third-order valence-electron chi connectivity index (χ3n) is 3.23. The minimum absolute atomic E-state index is 0.0318. The smallest absolute Gasteiger partial charge is 0.254 e. The molecule has 1 fully saturated rings. The molecule has 0 saturated carbocycles. The lowest BCUT2D eigenvalue weighted by Gasteiger charge is -2.27. The fraction of sp³-hybridized carbons (Fsp3) is 0.286. The molecule has 0 radical (unpaired) electrons. The van der Waals surface area contributed by atoms with Gasteiger partial charge in [0.25, 0.3) is 5.91 Å². The van der Waals surface area contributed by atoms with E-state index in [0.29, 0.717) is 31.9 Å². The van der Waals surface area contributed by atoms with Crippen LogP contribution in [0.5, 0.6) is 0 Å². The summed E-state index contributed by atoms with van der Waals surface area (Å²) in [6.07, 6.45) is 1.73. The molecule has 0 spiro atoms. The lowest BCUT2D eigenvalue weighted by molar-refractivity contribution is 0.0303. The molecule has 1 aliphatic heterocycles. The summed E-state index contributed by atoms with van der Waals surface area (Å²) in [5.41, 5.74) is 1.48. The molecule has 1 aromatic carbocycles. The molecule has 1 saturated heterocycles. The topological polar surface area (TPSA) is 42.4 Å². The Labute approximate surface area is 116 Å². The van der Waals surface area contributed by atoms with Gasteiger partial charge in [-0.25, -0.2) is 0 Å². The van der Waals surface area contributed by atoms with E-state index in [9.17, 15) is 4.79 Å². The number of pyridine rings is 1. The van der Waals surface area contributed by atoms with Gasteiger partial charge in [-0.15, -0.1) is 12.6 Å². The molecule has 2 aromatic rings. The normalized spacial score (nSPS) is 15.7. The van der Waals surface area contributed by atoms with Crippen LogP contribution in [0.2, 0.25) is 0 Å². The van der Waals surface area contributed by atoms with Crippen molar-refractivity contribution in [2.24, 2.45) is 0 Å². The van der Waals surface area contributed by atoms with E-state index in [1.54, 1.807) is 12.3 Å². The van der Waals surface area contributed by atoms with Crippen LogP contribution in [-0.2, 0) is 4.74 Å². The summed E-state index contributed by atoms with van der Waals surface area (Å²) < 4.78 is 5.26. The second-order valence-electron chi connectivity index (χ2n) is 4.48. The SMILES string of the molecule is O=C(c1cc(S)c2ncccc2c1)N1CCOCC1. The Hall–Kier alpha value is -1.59. The van der Waals surface area contributed by atoms with E-state index in [1.165, 1.54) is 0 Å². The van der Waals surface area contributed by atoms with Crippen molar-refractivity contribution in [2.75, 3.05) is 26.3 Å². The van der Waals surface area contributed by atoms with Gasteiger partial charge in [0.15, 0.2) is 0 Å². The molecule has 0 unspecified atom stereocenters. The van der Waals surface area contributed by atoms with Gasteiger partial charge >= 0.3 is 0 Å². The number of aromatic nitrogens is 1. The predicted octanol–water partition coefficient (Wildman–Crippen LogP) is 2.00. The first-order chi connectivity index (χ1) is 9.25. The van der Waals surface area contributed by atoms with Crippen LogP contribution in [-0.4, -0.2) is 42.1 Å². The summed E-state index contributed by atoms with van der Waals surface area (Å²) >= 11 is 4.42. The zero-order valence-corrected chi connectivity index (χ0v) is 11.3. The number of carbonyl (C=O) groups is 1. The monoisotopic (exact) mass is 274 g/mol. The van der Waals surface area contributed by atoms with Crippen LogP contribution in [0.3, 0.4) is 0 Å². The van der Waals surface area contributed by atoms with Crippen molar-refractivity contribution in [1.82, 2.24) is 9.88 Å². The van der Waals surface area contributed by atoms with Crippen LogP contribution < -0.4 is 0 Å². The Morgan fingerprint density at radius 2 is 2.11 bits per heavy atom. The van der Waals surface area contributed by atoms with Gasteiger partial charge in [-0.2, -0.15) is 0 Å². The number of rotatable bonds is 1. The Morgan fingerprint density at radius 1 is 1.32 bits per heavy atom. The van der Waals surface area contributed by atoms with Gasteiger partial charge in [0.05, 0.1) is 18.7 Å². The molecule has 1 aromatic heterocycles. The first kappa shape index (κ1) is 12.4. The molecule has 0 N–H and O–H groups in total. The van der Waals surface area contributed by atoms with Gasteiger partial charge in [-0.05, 0) is 18.2 Å². The summed E-state index contributed by atoms with van der Waals surface area (Å²) in [4.78, 5) is 19.2. The second-order valence-corrected chi connectivity index (χ2v) is 4.96. The van der Waals surface area contributed by atoms with Crippen LogP contribution in [0.4, 0.5) is 0 Å². The number of amides is 1. The number of hydrogen-bond donors (Lipinski definition) is 1. The van der Waals surface area contributed by atoms with E-state index in [0.717, 1.165) is 15.8 Å². The maximum Gasteiger partial charge on any atom is 0.254 e. The number of carbonyl (C=O) groups excluding carboxylic acids is 1. The highest BCUT2D eigenvalue weighted by molar-refractivity contribution is 7.80. The highest BCUT2D eigenvalue weighted by atomic mass is 32.1. The number of thiol groups is 1. The van der Waals surface area contributed by atoms with E-state index in [4.69, 9.17) is 4.74 Å². The number of benzene rings is 1. The fourth-order valence-electron chi connectivity index (χ4n) is 2.25. The first-order valence-corrected chi connectivity index (χ1v) is 6.65. The molecular weight excluding hydrogens is 260 g/mol. The average Bonchev–Trinajstić information content (AvgIpc) is 2.47. The maximum atomic E-state index is 12.4. The minimum atomic E-state index is 0.0318. The van der Waals surface area contributed by atoms with Crippen LogP contribution in [0.25, 0.3) is 10.9 Å². The summed E-state index contributed by atoms with van der Waals surface area (Å²) in [6.45, 7) is 2.50. The molecule has 19 heavy (non-hydrogen) atoms. The maximum absolute atomic E-state index is 12.4. The molecule has 98 valence electrons. The Morgan fingerprint density at radius 3 is 2.89 bits per heavy atom. The van der Waals surface area contributed by atoms with Crippen LogP contribution in [0.1, 0.15) is 10.4 Å². The minimum Gasteiger partial charge on any atom is -0.378 e. The van der Waals surface area contributed by atoms with Crippen LogP contribution in [0, 0.1) is 0 Å². The quantitative estimate of drug-likeness (QED) is 0.809. The van der Waals surface area contributed by atoms with Gasteiger partial charge in [-0.3, -0.25) is 9.78 Å². The summed E-state index contributed by atoms with van der Waals surface area (Å²) in [5.74, 6) is 0.0318. The zero-order chi connectivity index (χ0) is 13.2. The van der Waals surface area contributed by atoms with Gasteiger partial charge < -0.3 is 9.64 Å². The van der Waals surface area contributed by atoms with Gasteiger partial charge in [0.1, 0.15) is 0 Å². The molecule has 0 atom stereocenters. The summed E-state index contributed by atoms with van der Waals surface area (Å²) in [6, 6.07) is 7.47. The molecular formula is C14H14N2O2S. The predicted molar refractivity (Wildman–Crippen MR) is 75.7 cm³/mol. The lowest BCUT2D eigenvalue weighted by atomic mass is 10.1. The van der Waals surface area contributed by atoms with Gasteiger partial charge in [0, 0.05) is 35.1 Å². The van der Waals surface area contributed by atoms with Crippen molar-refractivity contribution < 1.29 is 9.53 Å². The number of nitrogens with zero attached hydrogens (tertiary/aromatic N) is 2. The number of morpholine rings is 1. The Bertz CT molecular complexity index is 624. The standard InChI is InChI=1S/C14H14N2O2S/c17-14(16-4-6-18-7-5-16)11-8-10-2-1-3-15-13(10)12(19)9-11/h1-3,8-9,19H,4-7H2. The fourth-order valence-corrected chi connectivity index (χ4v) is 2.57. The van der Waals surface area contributed by atoms with Crippen LogP contribution in [0.15, 0.2) is 35.4 Å². The third kappa shape index (κ3) is 2.43. The van der Waals surface area contributed by atoms with E-state index in [1.807, 2.05) is 23.1 Å². The Balaban J connectivity index is 1.98. The van der Waals surface area contributed by atoms with E-state index >= 15 is 0 Å². The van der Waals surface area contributed by atoms with E-state index in [2.05, 4.69) is 17.6 Å². The molecule has 0 aliphatic carbocycles. The molecule has 0 bridgehead atoms. The third-order valence-corrected chi connectivity index (χ3v) is 3.57. The molecule has 3 rings (SSSR count). The largest absolute Gasteiger partial charge is 0.378 e. The van der Waals surface area contributed by atoms with E-state index in [-0.39, 0.29) is 5.91 Å². The Kier molecular flexibility index (Phi) is 3.40. The van der Waals surface area contributed by atoms with Crippen molar-refractivity contribution in [2.45, 2.75) is 4.90 Å². The van der Waals surface area contributed by atoms with E-state index < -0.39 is 0 Å². The number of ether oxygens (including phenoxy) is 1. The number of hydrogen-bond acceptors (Lipinski definition) is 4. The molecule has 1 aliphatic rings. The van der Waals surface area contributed by atoms with Crippen molar-refractivity contribution in [3.05, 3.63) is 36.0 Å². The van der Waals surface area contributed by atoms with Crippen LogP contribution >= 0.6 is 12.6 Å². The van der Waals surface area contributed by atoms with Gasteiger partial charge in [0.2, 0.25) is 0 Å². The van der Waals surface area contributed by atoms with Crippen molar-refractivity contribution in [1.29, 1.82) is 0 Å².